The predicted molar refractivity (Wildman–Crippen MR) is 101 cm³/mol. The average Bonchev–Trinajstić information content (AvgIpc) is 2.68. The van der Waals surface area contributed by atoms with E-state index in [2.05, 4.69) is 53.8 Å². The molecule has 0 aromatic carbocycles. The van der Waals surface area contributed by atoms with E-state index in [0.29, 0.717) is 18.1 Å². The molecule has 2 aliphatic rings. The summed E-state index contributed by atoms with van der Waals surface area (Å²) in [6, 6.07) is 0. The lowest BCUT2D eigenvalue weighted by Crippen LogP contribution is -2.42. The quantitative estimate of drug-likeness (QED) is 0.449. The summed E-state index contributed by atoms with van der Waals surface area (Å²) >= 11 is 2.06. The van der Waals surface area contributed by atoms with E-state index in [0.717, 1.165) is 9.74 Å². The van der Waals surface area contributed by atoms with Crippen LogP contribution in [0.15, 0.2) is 27.2 Å². The van der Waals surface area contributed by atoms with Crippen molar-refractivity contribution in [3.8, 4) is 0 Å². The molecule has 2 aliphatic heterocycles. The topological polar surface area (TPSA) is 91.3 Å². The SMILES string of the molecule is C=C1N=C(N)C(I)=CN1[C@@H]1OC(CCP(=C)(C)C)[C@@H](O)[C@H]1O. The van der Waals surface area contributed by atoms with Gasteiger partial charge in [0.25, 0.3) is 0 Å². The van der Waals surface area contributed by atoms with Crippen LogP contribution in [0.2, 0.25) is 0 Å². The molecule has 22 heavy (non-hydrogen) atoms. The molecule has 0 radical (unpaired) electrons. The molecule has 0 aromatic rings. The van der Waals surface area contributed by atoms with Gasteiger partial charge in [0.2, 0.25) is 0 Å². The smallest absolute Gasteiger partial charge is 0.164 e. The number of amidine groups is 1. The number of halogens is 1. The fourth-order valence-electron chi connectivity index (χ4n) is 2.41. The monoisotopic (exact) mass is 439 g/mol. The number of hydrogen-bond donors (Lipinski definition) is 3. The van der Waals surface area contributed by atoms with Crippen LogP contribution in [0.5, 0.6) is 0 Å². The highest BCUT2D eigenvalue weighted by Gasteiger charge is 2.45. The predicted octanol–water partition coefficient (Wildman–Crippen LogP) is 0.953. The van der Waals surface area contributed by atoms with Gasteiger partial charge in [-0.3, -0.25) is 0 Å². The first-order valence-electron chi connectivity index (χ1n) is 6.98. The van der Waals surface area contributed by atoms with Gasteiger partial charge in [0.1, 0.15) is 23.9 Å². The molecule has 0 spiro atoms. The van der Waals surface area contributed by atoms with Gasteiger partial charge in [-0.05, 0) is 48.5 Å². The van der Waals surface area contributed by atoms with E-state index in [1.165, 1.54) is 0 Å². The van der Waals surface area contributed by atoms with Crippen LogP contribution >= 0.6 is 29.5 Å². The van der Waals surface area contributed by atoms with Gasteiger partial charge in [-0.15, -0.1) is 13.2 Å². The van der Waals surface area contributed by atoms with Gasteiger partial charge >= 0.3 is 0 Å². The molecule has 1 fully saturated rings. The second-order valence-electron chi connectivity index (χ2n) is 6.29. The van der Waals surface area contributed by atoms with Gasteiger partial charge in [0.15, 0.2) is 6.23 Å². The third kappa shape index (κ3) is 3.94. The molecule has 0 saturated carbocycles. The maximum atomic E-state index is 10.3. The standard InChI is InChI=1S/C14H23IN3O3P/c1-8-17-13(16)9(15)7-18(8)14-12(20)11(19)10(21-14)5-6-22(2,3)4/h7,10-12,14,19-20H,1-2,5-6H2,3-4H3,(H2,16,17)/t10?,11-,12-,14-/m1/s1. The number of aliphatic hydroxyl groups is 2. The summed E-state index contributed by atoms with van der Waals surface area (Å²) in [5.41, 5.74) is 5.75. The summed E-state index contributed by atoms with van der Waals surface area (Å²) in [6.45, 7) is 6.90. The second kappa shape index (κ2) is 6.65. The van der Waals surface area contributed by atoms with E-state index in [1.54, 1.807) is 11.1 Å². The summed E-state index contributed by atoms with van der Waals surface area (Å²) in [6.07, 6.45) is 4.38. The molecular weight excluding hydrogens is 416 g/mol. The first kappa shape index (κ1) is 18.0. The fraction of sp³-hybridized carbons (Fsp3) is 0.571. The number of aliphatic hydroxyl groups excluding tert-OH is 2. The van der Waals surface area contributed by atoms with Crippen LogP contribution in [0.25, 0.3) is 0 Å². The summed E-state index contributed by atoms with van der Waals surface area (Å²) in [5.74, 6) is 0.773. The van der Waals surface area contributed by atoms with E-state index in [1.807, 2.05) is 0 Å². The van der Waals surface area contributed by atoms with Crippen LogP contribution in [0.3, 0.4) is 0 Å². The van der Waals surface area contributed by atoms with Gasteiger partial charge in [-0.1, -0.05) is 6.58 Å². The Balaban J connectivity index is 2.10. The number of aliphatic imine (C=N–C) groups is 1. The van der Waals surface area contributed by atoms with Crippen molar-refractivity contribution in [3.05, 3.63) is 22.2 Å². The van der Waals surface area contributed by atoms with Crippen molar-refractivity contribution in [2.45, 2.75) is 31.0 Å². The van der Waals surface area contributed by atoms with E-state index in [-0.39, 0.29) is 0 Å². The number of hydrogen-bond acceptors (Lipinski definition) is 6. The van der Waals surface area contributed by atoms with Crippen LogP contribution in [-0.2, 0) is 4.74 Å². The molecule has 1 unspecified atom stereocenters. The number of nitrogens with zero attached hydrogens (tertiary/aromatic N) is 2. The van der Waals surface area contributed by atoms with Crippen molar-refractivity contribution in [1.82, 2.24) is 4.90 Å². The Morgan fingerprint density at radius 1 is 1.45 bits per heavy atom. The molecule has 4 N–H and O–H groups in total. The van der Waals surface area contributed by atoms with E-state index >= 15 is 0 Å². The highest BCUT2D eigenvalue weighted by molar-refractivity contribution is 14.1. The lowest BCUT2D eigenvalue weighted by Gasteiger charge is -2.31. The zero-order valence-corrected chi connectivity index (χ0v) is 15.9. The average molecular weight is 439 g/mol. The Labute approximate surface area is 144 Å². The molecule has 0 aromatic heterocycles. The van der Waals surface area contributed by atoms with Gasteiger partial charge in [-0.2, -0.15) is 0 Å². The van der Waals surface area contributed by atoms with Crippen LogP contribution < -0.4 is 5.73 Å². The largest absolute Gasteiger partial charge is 0.388 e. The van der Waals surface area contributed by atoms with E-state index in [9.17, 15) is 10.2 Å². The highest BCUT2D eigenvalue weighted by Crippen LogP contribution is 2.39. The minimum Gasteiger partial charge on any atom is -0.388 e. The second-order valence-corrected chi connectivity index (χ2v) is 11.8. The Morgan fingerprint density at radius 2 is 2.09 bits per heavy atom. The van der Waals surface area contributed by atoms with E-state index < -0.39 is 31.4 Å². The first-order chi connectivity index (χ1) is 10.1. The minimum absolute atomic E-state index is 0.384. The Hall–Kier alpha value is -0.340. The van der Waals surface area contributed by atoms with Crippen molar-refractivity contribution in [2.75, 3.05) is 19.5 Å². The lowest BCUT2D eigenvalue weighted by atomic mass is 10.1. The van der Waals surface area contributed by atoms with Crippen molar-refractivity contribution in [2.24, 2.45) is 10.7 Å². The van der Waals surface area contributed by atoms with Crippen molar-refractivity contribution < 1.29 is 14.9 Å². The van der Waals surface area contributed by atoms with Crippen molar-refractivity contribution >= 4 is 41.6 Å². The van der Waals surface area contributed by atoms with Gasteiger partial charge < -0.3 is 25.6 Å². The van der Waals surface area contributed by atoms with E-state index in [4.69, 9.17) is 10.5 Å². The molecular formula is C14H23IN3O3P. The molecule has 2 heterocycles. The molecule has 2 rings (SSSR count). The molecule has 6 nitrogen and oxygen atoms in total. The molecule has 0 bridgehead atoms. The maximum Gasteiger partial charge on any atom is 0.164 e. The Bertz CT molecular complexity index is 572. The van der Waals surface area contributed by atoms with Gasteiger partial charge in [0, 0.05) is 6.20 Å². The zero-order valence-electron chi connectivity index (χ0n) is 12.8. The number of ether oxygens (including phenoxy) is 1. The summed E-state index contributed by atoms with van der Waals surface area (Å²) < 4.78 is 6.61. The molecule has 124 valence electrons. The minimum atomic E-state index is -1.20. The third-order valence-electron chi connectivity index (χ3n) is 3.67. The van der Waals surface area contributed by atoms with Crippen LogP contribution in [-0.4, -0.2) is 71.3 Å². The van der Waals surface area contributed by atoms with Gasteiger partial charge in [-0.25, -0.2) is 4.99 Å². The summed E-state index contributed by atoms with van der Waals surface area (Å²) in [7, 11) is 0. The molecule has 4 atom stereocenters. The van der Waals surface area contributed by atoms with Crippen molar-refractivity contribution in [3.63, 3.8) is 0 Å². The molecule has 1 saturated heterocycles. The van der Waals surface area contributed by atoms with Crippen LogP contribution in [0.1, 0.15) is 6.42 Å². The maximum absolute atomic E-state index is 10.3. The molecule has 0 aliphatic carbocycles. The zero-order chi connectivity index (χ0) is 16.7. The van der Waals surface area contributed by atoms with Crippen LogP contribution in [0.4, 0.5) is 0 Å². The third-order valence-corrected chi connectivity index (χ3v) is 5.98. The first-order valence-corrected chi connectivity index (χ1v) is 11.1. The Kier molecular flexibility index (Phi) is 5.44. The lowest BCUT2D eigenvalue weighted by molar-refractivity contribution is -0.0578. The summed E-state index contributed by atoms with van der Waals surface area (Å²) in [5, 5.41) is 20.5. The van der Waals surface area contributed by atoms with Crippen LogP contribution in [0, 0.1) is 0 Å². The van der Waals surface area contributed by atoms with Gasteiger partial charge in [0.05, 0.1) is 9.68 Å². The fourth-order valence-corrected chi connectivity index (χ4v) is 3.78. The molecule has 0 amide bonds. The summed E-state index contributed by atoms with van der Waals surface area (Å²) in [4.78, 5) is 5.75. The Morgan fingerprint density at radius 3 is 2.68 bits per heavy atom. The normalized spacial score (nSPS) is 33.0. The molecule has 8 heteroatoms. The highest BCUT2D eigenvalue weighted by atomic mass is 127. The number of rotatable bonds is 4. The van der Waals surface area contributed by atoms with Crippen molar-refractivity contribution in [1.29, 1.82) is 0 Å². The number of nitrogens with two attached hydrogens (primary N) is 1.